The van der Waals surface area contributed by atoms with Crippen LogP contribution in [0.3, 0.4) is 0 Å². The van der Waals surface area contributed by atoms with E-state index in [2.05, 4.69) is 0 Å². The van der Waals surface area contributed by atoms with E-state index < -0.39 is 23.9 Å². The van der Waals surface area contributed by atoms with Crippen molar-refractivity contribution in [1.29, 1.82) is 0 Å². The molecule has 0 aromatic rings. The third-order valence-corrected chi connectivity index (χ3v) is 5.27. The Morgan fingerprint density at radius 1 is 1.27 bits per heavy atom. The SMILES string of the molecule is CC(C)(C)OC(=O)N1[C@H](C=O)[C@@H]2CC[C@H]1[C@H](CC1CC1)[C@@H]2F. The van der Waals surface area contributed by atoms with E-state index in [1.54, 1.807) is 4.90 Å². The molecule has 4 aliphatic rings. The molecule has 2 bridgehead atoms. The second-order valence-corrected chi connectivity index (χ2v) is 8.11. The van der Waals surface area contributed by atoms with E-state index in [4.69, 9.17) is 4.74 Å². The molecular weight excluding hydrogens is 285 g/mol. The quantitative estimate of drug-likeness (QED) is 0.751. The van der Waals surface area contributed by atoms with Crippen molar-refractivity contribution in [3.05, 3.63) is 0 Å². The molecule has 5 atom stereocenters. The molecule has 0 unspecified atom stereocenters. The number of piperidine rings is 2. The average Bonchev–Trinajstić information content (AvgIpc) is 3.23. The zero-order chi connectivity index (χ0) is 16.1. The number of hydrogen-bond donors (Lipinski definition) is 0. The number of hydrogen-bond acceptors (Lipinski definition) is 3. The summed E-state index contributed by atoms with van der Waals surface area (Å²) in [5.74, 6) is 0.117. The molecule has 4 rings (SSSR count). The van der Waals surface area contributed by atoms with Gasteiger partial charge in [-0.05, 0) is 46.0 Å². The van der Waals surface area contributed by atoms with Crippen molar-refractivity contribution in [3.63, 3.8) is 0 Å². The van der Waals surface area contributed by atoms with Crippen molar-refractivity contribution in [2.24, 2.45) is 17.8 Å². The van der Waals surface area contributed by atoms with Crippen LogP contribution in [0.15, 0.2) is 0 Å². The molecule has 0 spiro atoms. The van der Waals surface area contributed by atoms with E-state index in [1.807, 2.05) is 20.8 Å². The van der Waals surface area contributed by atoms with E-state index in [0.29, 0.717) is 12.3 Å². The van der Waals surface area contributed by atoms with Crippen LogP contribution in [0, 0.1) is 17.8 Å². The molecule has 4 fully saturated rings. The maximum atomic E-state index is 14.8. The molecule has 0 N–H and O–H groups in total. The summed E-state index contributed by atoms with van der Waals surface area (Å²) in [6.45, 7) is 5.42. The molecule has 0 aromatic heterocycles. The van der Waals surface area contributed by atoms with Crippen LogP contribution in [-0.2, 0) is 9.53 Å². The van der Waals surface area contributed by atoms with Gasteiger partial charge >= 0.3 is 6.09 Å². The molecule has 0 aromatic carbocycles. The Balaban J connectivity index is 1.82. The average molecular weight is 311 g/mol. The lowest BCUT2D eigenvalue weighted by Gasteiger charge is -2.54. The highest BCUT2D eigenvalue weighted by Crippen LogP contribution is 2.49. The highest BCUT2D eigenvalue weighted by atomic mass is 19.1. The van der Waals surface area contributed by atoms with Crippen LogP contribution in [-0.4, -0.2) is 41.1 Å². The number of amides is 1. The first kappa shape index (κ1) is 15.8. The lowest BCUT2D eigenvalue weighted by atomic mass is 9.66. The number of fused-ring (bicyclic) bond motifs is 3. The summed E-state index contributed by atoms with van der Waals surface area (Å²) in [4.78, 5) is 25.6. The van der Waals surface area contributed by atoms with Gasteiger partial charge in [0.2, 0.25) is 0 Å². The van der Waals surface area contributed by atoms with Crippen molar-refractivity contribution in [3.8, 4) is 0 Å². The fourth-order valence-corrected chi connectivity index (χ4v) is 4.16. The van der Waals surface area contributed by atoms with Gasteiger partial charge in [0.05, 0.1) is 6.04 Å². The fourth-order valence-electron chi connectivity index (χ4n) is 4.16. The standard InChI is InChI=1S/C17H26FNO3/c1-17(2,3)22-16(21)19-13-7-6-11(14(19)9-20)15(18)12(13)8-10-4-5-10/h9-15H,4-8H2,1-3H3/t11-,12-,13-,14+,15+/m0/s1. The Hall–Kier alpha value is -1.13. The van der Waals surface area contributed by atoms with Gasteiger partial charge in [-0.2, -0.15) is 0 Å². The number of halogens is 1. The first-order valence-electron chi connectivity index (χ1n) is 8.42. The minimum Gasteiger partial charge on any atom is -0.444 e. The highest BCUT2D eigenvalue weighted by Gasteiger charge is 2.56. The summed E-state index contributed by atoms with van der Waals surface area (Å²) in [5, 5.41) is 0. The monoisotopic (exact) mass is 311 g/mol. The number of nitrogens with zero attached hydrogens (tertiary/aromatic N) is 1. The van der Waals surface area contributed by atoms with Gasteiger partial charge in [-0.15, -0.1) is 0 Å². The molecule has 2 heterocycles. The Morgan fingerprint density at radius 3 is 2.50 bits per heavy atom. The van der Waals surface area contributed by atoms with E-state index >= 15 is 0 Å². The van der Waals surface area contributed by atoms with Crippen LogP contribution in [0.5, 0.6) is 0 Å². The Kier molecular flexibility index (Phi) is 3.94. The van der Waals surface area contributed by atoms with Crippen LogP contribution in [0.2, 0.25) is 0 Å². The summed E-state index contributed by atoms with van der Waals surface area (Å²) >= 11 is 0. The van der Waals surface area contributed by atoms with Crippen LogP contribution < -0.4 is 0 Å². The van der Waals surface area contributed by atoms with Gasteiger partial charge in [-0.1, -0.05) is 12.8 Å². The number of aldehydes is 1. The minimum atomic E-state index is -0.965. The topological polar surface area (TPSA) is 46.6 Å². The lowest BCUT2D eigenvalue weighted by molar-refractivity contribution is -0.134. The smallest absolute Gasteiger partial charge is 0.411 e. The second-order valence-electron chi connectivity index (χ2n) is 8.11. The first-order valence-corrected chi connectivity index (χ1v) is 8.42. The number of rotatable bonds is 3. The van der Waals surface area contributed by atoms with Gasteiger partial charge in [0.15, 0.2) is 0 Å². The summed E-state index contributed by atoms with van der Waals surface area (Å²) in [5.41, 5.74) is -0.609. The van der Waals surface area contributed by atoms with E-state index in [0.717, 1.165) is 19.1 Å². The summed E-state index contributed by atoms with van der Waals surface area (Å²) < 4.78 is 20.3. The van der Waals surface area contributed by atoms with E-state index in [1.165, 1.54) is 12.8 Å². The maximum Gasteiger partial charge on any atom is 0.411 e. The van der Waals surface area contributed by atoms with Crippen LogP contribution >= 0.6 is 0 Å². The third-order valence-electron chi connectivity index (χ3n) is 5.27. The molecule has 4 nitrogen and oxygen atoms in total. The van der Waals surface area contributed by atoms with Crippen molar-refractivity contribution < 1.29 is 18.7 Å². The molecular formula is C17H26FNO3. The van der Waals surface area contributed by atoms with Crippen molar-refractivity contribution in [2.75, 3.05) is 0 Å². The first-order chi connectivity index (χ1) is 10.3. The Bertz CT molecular complexity index is 457. The predicted octanol–water partition coefficient (Wildman–Crippen LogP) is 3.34. The summed E-state index contributed by atoms with van der Waals surface area (Å²) in [6, 6.07) is -0.857. The predicted molar refractivity (Wildman–Crippen MR) is 80.2 cm³/mol. The Labute approximate surface area is 131 Å². The van der Waals surface area contributed by atoms with Crippen LogP contribution in [0.4, 0.5) is 9.18 Å². The Morgan fingerprint density at radius 2 is 1.95 bits per heavy atom. The highest BCUT2D eigenvalue weighted by molar-refractivity contribution is 5.75. The number of ether oxygens (including phenoxy) is 1. The van der Waals surface area contributed by atoms with E-state index in [-0.39, 0.29) is 17.9 Å². The van der Waals surface area contributed by atoms with Crippen molar-refractivity contribution in [1.82, 2.24) is 4.90 Å². The minimum absolute atomic E-state index is 0.130. The largest absolute Gasteiger partial charge is 0.444 e. The van der Waals surface area contributed by atoms with Crippen molar-refractivity contribution in [2.45, 2.75) is 76.7 Å². The lowest BCUT2D eigenvalue weighted by Crippen LogP contribution is -2.66. The van der Waals surface area contributed by atoms with Gasteiger partial charge in [0.25, 0.3) is 0 Å². The molecule has 5 heteroatoms. The zero-order valence-corrected chi connectivity index (χ0v) is 13.6. The summed E-state index contributed by atoms with van der Waals surface area (Å²) in [7, 11) is 0. The van der Waals surface area contributed by atoms with E-state index in [9.17, 15) is 14.0 Å². The van der Waals surface area contributed by atoms with Crippen LogP contribution in [0.1, 0.15) is 52.9 Å². The van der Waals surface area contributed by atoms with Gasteiger partial charge in [-0.25, -0.2) is 9.18 Å². The van der Waals surface area contributed by atoms with Gasteiger partial charge in [0.1, 0.15) is 18.1 Å². The van der Waals surface area contributed by atoms with Gasteiger partial charge in [0, 0.05) is 17.9 Å². The number of carbonyl (C=O) groups excluding carboxylic acids is 2. The molecule has 2 aliphatic carbocycles. The maximum absolute atomic E-state index is 14.8. The van der Waals surface area contributed by atoms with Crippen LogP contribution in [0.25, 0.3) is 0 Å². The molecule has 2 saturated carbocycles. The molecule has 2 aliphatic heterocycles. The van der Waals surface area contributed by atoms with Crippen molar-refractivity contribution >= 4 is 12.4 Å². The number of alkyl halides is 1. The fraction of sp³-hybridized carbons (Fsp3) is 0.882. The molecule has 0 radical (unpaired) electrons. The van der Waals surface area contributed by atoms with Gasteiger partial charge in [-0.3, -0.25) is 4.90 Å². The molecule has 22 heavy (non-hydrogen) atoms. The third kappa shape index (κ3) is 2.86. The normalized spacial score (nSPS) is 38.0. The number of carbonyl (C=O) groups is 2. The molecule has 2 saturated heterocycles. The zero-order valence-electron chi connectivity index (χ0n) is 13.6. The second kappa shape index (κ2) is 5.50. The van der Waals surface area contributed by atoms with Gasteiger partial charge < -0.3 is 9.53 Å². The molecule has 1 amide bonds. The molecule has 124 valence electrons. The summed E-state index contributed by atoms with van der Waals surface area (Å²) in [6.07, 6.45) is 3.96.